The molecule has 1 unspecified atom stereocenters. The van der Waals surface area contributed by atoms with Gasteiger partial charge in [-0.25, -0.2) is 0 Å². The number of likely N-dealkylation sites (N-methyl/N-ethyl adjacent to an activating group) is 1. The molecule has 1 N–H and O–H groups in total. The number of fused-ring (bicyclic) bond motifs is 1. The van der Waals surface area contributed by atoms with Crippen LogP contribution in [-0.4, -0.2) is 32.1 Å². The van der Waals surface area contributed by atoms with Gasteiger partial charge in [0.05, 0.1) is 19.2 Å². The van der Waals surface area contributed by atoms with Crippen LogP contribution in [0.1, 0.15) is 12.5 Å². The minimum absolute atomic E-state index is 0.106. The second kappa shape index (κ2) is 6.84. The SMILES string of the molecule is COc1cccc(NC(=O)Cc2ccc3c(c2)N(C)C(=O)C(C)O3)c1. The Labute approximate surface area is 146 Å². The highest BCUT2D eigenvalue weighted by Gasteiger charge is 2.28. The molecule has 130 valence electrons. The molecule has 2 aromatic rings. The molecule has 6 heteroatoms. The van der Waals surface area contributed by atoms with E-state index in [-0.39, 0.29) is 18.2 Å². The number of carbonyl (C=O) groups excluding carboxylic acids is 2. The summed E-state index contributed by atoms with van der Waals surface area (Å²) in [6.07, 6.45) is -0.304. The summed E-state index contributed by atoms with van der Waals surface area (Å²) in [5, 5.41) is 2.84. The minimum atomic E-state index is -0.500. The van der Waals surface area contributed by atoms with Gasteiger partial charge in [-0.15, -0.1) is 0 Å². The number of methoxy groups -OCH3 is 1. The first-order valence-corrected chi connectivity index (χ1v) is 7.99. The average Bonchev–Trinajstić information content (AvgIpc) is 2.60. The van der Waals surface area contributed by atoms with E-state index in [4.69, 9.17) is 9.47 Å². The van der Waals surface area contributed by atoms with Crippen LogP contribution in [-0.2, 0) is 16.0 Å². The molecular formula is C19H20N2O4. The molecule has 1 aliphatic heterocycles. The van der Waals surface area contributed by atoms with E-state index < -0.39 is 6.10 Å². The zero-order valence-corrected chi connectivity index (χ0v) is 14.4. The lowest BCUT2D eigenvalue weighted by Gasteiger charge is -2.30. The Kier molecular flexibility index (Phi) is 4.61. The smallest absolute Gasteiger partial charge is 0.267 e. The van der Waals surface area contributed by atoms with E-state index in [1.165, 1.54) is 0 Å². The first-order valence-electron chi connectivity index (χ1n) is 7.99. The zero-order chi connectivity index (χ0) is 18.0. The molecular weight excluding hydrogens is 320 g/mol. The molecule has 2 amide bonds. The van der Waals surface area contributed by atoms with Crippen molar-refractivity contribution in [2.24, 2.45) is 0 Å². The number of ether oxygens (including phenoxy) is 2. The summed E-state index contributed by atoms with van der Waals surface area (Å²) < 4.78 is 10.7. The summed E-state index contributed by atoms with van der Waals surface area (Å²) in [5.41, 5.74) is 2.15. The highest BCUT2D eigenvalue weighted by Crippen LogP contribution is 2.34. The molecule has 0 spiro atoms. The molecule has 1 atom stereocenters. The summed E-state index contributed by atoms with van der Waals surface area (Å²) in [7, 11) is 3.29. The third-order valence-corrected chi connectivity index (χ3v) is 4.08. The second-order valence-corrected chi connectivity index (χ2v) is 5.92. The van der Waals surface area contributed by atoms with Gasteiger partial charge in [0.2, 0.25) is 5.91 Å². The summed E-state index contributed by atoms with van der Waals surface area (Å²) >= 11 is 0. The molecule has 0 saturated heterocycles. The first kappa shape index (κ1) is 16.8. The maximum absolute atomic E-state index is 12.3. The van der Waals surface area contributed by atoms with Crippen molar-refractivity contribution in [1.82, 2.24) is 0 Å². The number of anilines is 2. The van der Waals surface area contributed by atoms with Crippen LogP contribution in [0.2, 0.25) is 0 Å². The van der Waals surface area contributed by atoms with Gasteiger partial charge in [-0.1, -0.05) is 12.1 Å². The third-order valence-electron chi connectivity index (χ3n) is 4.08. The summed E-state index contributed by atoms with van der Waals surface area (Å²) in [5.74, 6) is 1.07. The maximum atomic E-state index is 12.3. The molecule has 25 heavy (non-hydrogen) atoms. The minimum Gasteiger partial charge on any atom is -0.497 e. The Balaban J connectivity index is 1.73. The quantitative estimate of drug-likeness (QED) is 0.929. The third kappa shape index (κ3) is 3.57. The molecule has 0 bridgehead atoms. The van der Waals surface area contributed by atoms with Gasteiger partial charge in [0, 0.05) is 18.8 Å². The van der Waals surface area contributed by atoms with Crippen LogP contribution in [0.15, 0.2) is 42.5 Å². The molecule has 0 fully saturated rings. The van der Waals surface area contributed by atoms with Crippen LogP contribution < -0.4 is 19.7 Å². The van der Waals surface area contributed by atoms with E-state index in [2.05, 4.69) is 5.32 Å². The van der Waals surface area contributed by atoms with Crippen molar-refractivity contribution in [3.8, 4) is 11.5 Å². The van der Waals surface area contributed by atoms with E-state index in [0.717, 1.165) is 5.56 Å². The summed E-state index contributed by atoms with van der Waals surface area (Å²) in [6.45, 7) is 1.72. The Morgan fingerprint density at radius 1 is 1.28 bits per heavy atom. The molecule has 0 aliphatic carbocycles. The van der Waals surface area contributed by atoms with Gasteiger partial charge in [-0.2, -0.15) is 0 Å². The Hall–Kier alpha value is -3.02. The number of nitrogens with zero attached hydrogens (tertiary/aromatic N) is 1. The lowest BCUT2D eigenvalue weighted by atomic mass is 10.1. The van der Waals surface area contributed by atoms with Crippen LogP contribution in [0.4, 0.5) is 11.4 Å². The van der Waals surface area contributed by atoms with Crippen LogP contribution in [0.5, 0.6) is 11.5 Å². The molecule has 0 radical (unpaired) electrons. The molecule has 0 aromatic heterocycles. The highest BCUT2D eigenvalue weighted by atomic mass is 16.5. The lowest BCUT2D eigenvalue weighted by molar-refractivity contribution is -0.125. The topological polar surface area (TPSA) is 67.9 Å². The molecule has 1 heterocycles. The fourth-order valence-corrected chi connectivity index (χ4v) is 2.76. The molecule has 1 aliphatic rings. The highest BCUT2D eigenvalue weighted by molar-refractivity contribution is 5.99. The molecule has 6 nitrogen and oxygen atoms in total. The van der Waals surface area contributed by atoms with Crippen molar-refractivity contribution >= 4 is 23.2 Å². The van der Waals surface area contributed by atoms with Crippen molar-refractivity contribution in [3.63, 3.8) is 0 Å². The predicted octanol–water partition coefficient (Wildman–Crippen LogP) is 2.62. The number of hydrogen-bond donors (Lipinski definition) is 1. The van der Waals surface area contributed by atoms with Crippen LogP contribution in [0.25, 0.3) is 0 Å². The van der Waals surface area contributed by atoms with Crippen molar-refractivity contribution in [1.29, 1.82) is 0 Å². The second-order valence-electron chi connectivity index (χ2n) is 5.92. The number of hydrogen-bond acceptors (Lipinski definition) is 4. The van der Waals surface area contributed by atoms with Gasteiger partial charge in [-0.3, -0.25) is 9.59 Å². The van der Waals surface area contributed by atoms with E-state index in [1.54, 1.807) is 44.2 Å². The van der Waals surface area contributed by atoms with Crippen molar-refractivity contribution < 1.29 is 19.1 Å². The standard InChI is InChI=1S/C19H20N2O4/c1-12-19(23)21(2)16-9-13(7-8-17(16)25-12)10-18(22)20-14-5-4-6-15(11-14)24-3/h4-9,11-12H,10H2,1-3H3,(H,20,22). The van der Waals surface area contributed by atoms with Gasteiger partial charge in [-0.05, 0) is 36.8 Å². The summed E-state index contributed by atoms with van der Waals surface area (Å²) in [4.78, 5) is 25.9. The number of nitrogens with one attached hydrogen (secondary N) is 1. The fourth-order valence-electron chi connectivity index (χ4n) is 2.76. The van der Waals surface area contributed by atoms with Crippen molar-refractivity contribution in [2.75, 3.05) is 24.4 Å². The van der Waals surface area contributed by atoms with E-state index in [0.29, 0.717) is 22.9 Å². The van der Waals surface area contributed by atoms with E-state index in [1.807, 2.05) is 24.3 Å². The van der Waals surface area contributed by atoms with Crippen LogP contribution >= 0.6 is 0 Å². The van der Waals surface area contributed by atoms with Gasteiger partial charge in [0.15, 0.2) is 6.10 Å². The Morgan fingerprint density at radius 3 is 2.84 bits per heavy atom. The predicted molar refractivity (Wildman–Crippen MR) is 95.3 cm³/mol. The number of benzene rings is 2. The normalized spacial score (nSPS) is 16.0. The van der Waals surface area contributed by atoms with Gasteiger partial charge < -0.3 is 19.7 Å². The fraction of sp³-hybridized carbons (Fsp3) is 0.263. The summed E-state index contributed by atoms with van der Waals surface area (Å²) in [6, 6.07) is 12.6. The Bertz CT molecular complexity index is 819. The number of amides is 2. The van der Waals surface area contributed by atoms with Gasteiger partial charge >= 0.3 is 0 Å². The number of rotatable bonds is 4. The van der Waals surface area contributed by atoms with Crippen LogP contribution in [0.3, 0.4) is 0 Å². The van der Waals surface area contributed by atoms with Gasteiger partial charge in [0.25, 0.3) is 5.91 Å². The maximum Gasteiger partial charge on any atom is 0.267 e. The zero-order valence-electron chi connectivity index (χ0n) is 14.4. The Morgan fingerprint density at radius 2 is 2.08 bits per heavy atom. The first-order chi connectivity index (χ1) is 12.0. The van der Waals surface area contributed by atoms with Crippen molar-refractivity contribution in [3.05, 3.63) is 48.0 Å². The van der Waals surface area contributed by atoms with Crippen LogP contribution in [0, 0.1) is 0 Å². The number of carbonyl (C=O) groups is 2. The van der Waals surface area contributed by atoms with Gasteiger partial charge in [0.1, 0.15) is 11.5 Å². The molecule has 0 saturated carbocycles. The molecule has 2 aromatic carbocycles. The average molecular weight is 340 g/mol. The van der Waals surface area contributed by atoms with Crippen molar-refractivity contribution in [2.45, 2.75) is 19.4 Å². The van der Waals surface area contributed by atoms with E-state index >= 15 is 0 Å². The largest absolute Gasteiger partial charge is 0.497 e. The lowest BCUT2D eigenvalue weighted by Crippen LogP contribution is -2.42. The van der Waals surface area contributed by atoms with E-state index in [9.17, 15) is 9.59 Å². The monoisotopic (exact) mass is 340 g/mol. The molecule has 3 rings (SSSR count).